The van der Waals surface area contributed by atoms with Crippen LogP contribution in [0, 0.1) is 0 Å². The summed E-state index contributed by atoms with van der Waals surface area (Å²) in [5, 5.41) is 0. The molecular weight excluding hydrogens is 210 g/mol. The zero-order valence-electron chi connectivity index (χ0n) is 10.7. The molecule has 1 heterocycles. The Morgan fingerprint density at radius 2 is 1.71 bits per heavy atom. The van der Waals surface area contributed by atoms with Crippen LogP contribution in [0.2, 0.25) is 0 Å². The van der Waals surface area contributed by atoms with Crippen LogP contribution in [0.25, 0.3) is 0 Å². The van der Waals surface area contributed by atoms with Crippen molar-refractivity contribution >= 4 is 5.69 Å². The van der Waals surface area contributed by atoms with Crippen LogP contribution in [0.3, 0.4) is 0 Å². The number of piperazine rings is 1. The van der Waals surface area contributed by atoms with Gasteiger partial charge in [0.25, 0.3) is 0 Å². The molecule has 1 aromatic rings. The van der Waals surface area contributed by atoms with Crippen molar-refractivity contribution in [3.8, 4) is 0 Å². The van der Waals surface area contributed by atoms with Gasteiger partial charge >= 0.3 is 0 Å². The van der Waals surface area contributed by atoms with Gasteiger partial charge in [-0.05, 0) is 30.7 Å². The molecule has 3 heteroatoms. The van der Waals surface area contributed by atoms with Gasteiger partial charge in [-0.1, -0.05) is 19.1 Å². The molecule has 0 unspecified atom stereocenters. The summed E-state index contributed by atoms with van der Waals surface area (Å²) in [5.41, 5.74) is 8.15. The van der Waals surface area contributed by atoms with Gasteiger partial charge < -0.3 is 10.6 Å². The number of hydrogen-bond donors (Lipinski definition) is 1. The number of benzene rings is 1. The molecular formula is C14H23N3. The fraction of sp³-hybridized carbons (Fsp3) is 0.571. The Morgan fingerprint density at radius 3 is 2.24 bits per heavy atom. The molecule has 1 aromatic carbocycles. The van der Waals surface area contributed by atoms with Crippen molar-refractivity contribution < 1.29 is 0 Å². The first-order valence-electron chi connectivity index (χ1n) is 6.60. The fourth-order valence-electron chi connectivity index (χ4n) is 2.39. The van der Waals surface area contributed by atoms with Crippen LogP contribution in [-0.4, -0.2) is 37.6 Å². The summed E-state index contributed by atoms with van der Waals surface area (Å²) in [7, 11) is 0. The molecule has 0 bridgehead atoms. The largest absolute Gasteiger partial charge is 0.369 e. The normalized spacial score (nSPS) is 17.4. The fourth-order valence-corrected chi connectivity index (χ4v) is 2.39. The molecule has 0 saturated carbocycles. The van der Waals surface area contributed by atoms with Crippen LogP contribution in [-0.2, 0) is 6.54 Å². The number of anilines is 1. The highest BCUT2D eigenvalue weighted by Gasteiger charge is 2.15. The minimum Gasteiger partial charge on any atom is -0.369 e. The first-order valence-corrected chi connectivity index (χ1v) is 6.60. The second-order valence-electron chi connectivity index (χ2n) is 4.70. The van der Waals surface area contributed by atoms with E-state index in [9.17, 15) is 0 Å². The highest BCUT2D eigenvalue weighted by atomic mass is 15.3. The predicted molar refractivity (Wildman–Crippen MR) is 73.3 cm³/mol. The Bertz CT molecular complexity index is 326. The van der Waals surface area contributed by atoms with Gasteiger partial charge in [0.05, 0.1) is 0 Å². The Hall–Kier alpha value is -1.06. The van der Waals surface area contributed by atoms with Crippen molar-refractivity contribution in [3.63, 3.8) is 0 Å². The molecule has 0 amide bonds. The maximum atomic E-state index is 5.61. The van der Waals surface area contributed by atoms with E-state index in [4.69, 9.17) is 5.73 Å². The topological polar surface area (TPSA) is 32.5 Å². The first kappa shape index (κ1) is 12.4. The van der Waals surface area contributed by atoms with E-state index in [0.717, 1.165) is 13.1 Å². The third kappa shape index (κ3) is 3.20. The van der Waals surface area contributed by atoms with Crippen LogP contribution in [0.4, 0.5) is 5.69 Å². The van der Waals surface area contributed by atoms with Crippen LogP contribution in [0.1, 0.15) is 18.9 Å². The molecule has 2 N–H and O–H groups in total. The molecule has 94 valence electrons. The summed E-state index contributed by atoms with van der Waals surface area (Å²) in [6.07, 6.45) is 1.26. The minimum atomic E-state index is 0.630. The lowest BCUT2D eigenvalue weighted by atomic mass is 10.2. The van der Waals surface area contributed by atoms with Crippen LogP contribution in [0.5, 0.6) is 0 Å². The highest BCUT2D eigenvalue weighted by Crippen LogP contribution is 2.17. The van der Waals surface area contributed by atoms with E-state index in [2.05, 4.69) is 41.0 Å². The summed E-state index contributed by atoms with van der Waals surface area (Å²) in [6, 6.07) is 8.65. The van der Waals surface area contributed by atoms with Gasteiger partial charge in [0.15, 0.2) is 0 Å². The van der Waals surface area contributed by atoms with E-state index in [1.807, 2.05) is 0 Å². The quantitative estimate of drug-likeness (QED) is 0.859. The lowest BCUT2D eigenvalue weighted by Crippen LogP contribution is -2.46. The SMILES string of the molecule is CCCN1CCN(c2ccc(CN)cc2)CC1. The zero-order valence-corrected chi connectivity index (χ0v) is 10.7. The molecule has 1 aliphatic rings. The third-order valence-corrected chi connectivity index (χ3v) is 3.45. The second kappa shape index (κ2) is 6.03. The summed E-state index contributed by atoms with van der Waals surface area (Å²) < 4.78 is 0. The Morgan fingerprint density at radius 1 is 1.06 bits per heavy atom. The number of nitrogens with two attached hydrogens (primary N) is 1. The van der Waals surface area contributed by atoms with Gasteiger partial charge in [0, 0.05) is 38.4 Å². The minimum absolute atomic E-state index is 0.630. The number of hydrogen-bond acceptors (Lipinski definition) is 3. The molecule has 1 saturated heterocycles. The Balaban J connectivity index is 1.91. The monoisotopic (exact) mass is 233 g/mol. The zero-order chi connectivity index (χ0) is 12.1. The van der Waals surface area contributed by atoms with Gasteiger partial charge in [-0.3, -0.25) is 4.90 Å². The van der Waals surface area contributed by atoms with Gasteiger partial charge in [-0.15, -0.1) is 0 Å². The highest BCUT2D eigenvalue weighted by molar-refractivity contribution is 5.48. The van der Waals surface area contributed by atoms with Crippen molar-refractivity contribution in [3.05, 3.63) is 29.8 Å². The summed E-state index contributed by atoms with van der Waals surface area (Å²) >= 11 is 0. The smallest absolute Gasteiger partial charge is 0.0367 e. The Kier molecular flexibility index (Phi) is 4.40. The van der Waals surface area contributed by atoms with E-state index < -0.39 is 0 Å². The summed E-state index contributed by atoms with van der Waals surface area (Å²) in [5.74, 6) is 0. The lowest BCUT2D eigenvalue weighted by Gasteiger charge is -2.36. The van der Waals surface area contributed by atoms with Gasteiger partial charge in [-0.2, -0.15) is 0 Å². The van der Waals surface area contributed by atoms with Crippen molar-refractivity contribution in [1.29, 1.82) is 0 Å². The van der Waals surface area contributed by atoms with Crippen LogP contribution in [0.15, 0.2) is 24.3 Å². The number of nitrogens with zero attached hydrogens (tertiary/aromatic N) is 2. The second-order valence-corrected chi connectivity index (χ2v) is 4.70. The maximum absolute atomic E-state index is 5.61. The Labute approximate surface area is 104 Å². The van der Waals surface area contributed by atoms with E-state index in [0.29, 0.717) is 6.54 Å². The summed E-state index contributed by atoms with van der Waals surface area (Å²) in [6.45, 7) is 8.77. The predicted octanol–water partition coefficient (Wildman–Crippen LogP) is 1.68. The number of rotatable bonds is 4. The van der Waals surface area contributed by atoms with E-state index in [1.165, 1.54) is 37.3 Å². The van der Waals surface area contributed by atoms with E-state index in [1.54, 1.807) is 0 Å². The molecule has 17 heavy (non-hydrogen) atoms. The van der Waals surface area contributed by atoms with Crippen molar-refractivity contribution in [2.24, 2.45) is 5.73 Å². The molecule has 1 aliphatic heterocycles. The molecule has 3 nitrogen and oxygen atoms in total. The van der Waals surface area contributed by atoms with Gasteiger partial charge in [-0.25, -0.2) is 0 Å². The molecule has 2 rings (SSSR count). The van der Waals surface area contributed by atoms with E-state index >= 15 is 0 Å². The van der Waals surface area contributed by atoms with Gasteiger partial charge in [0.2, 0.25) is 0 Å². The molecule has 0 atom stereocenters. The van der Waals surface area contributed by atoms with Gasteiger partial charge in [0.1, 0.15) is 0 Å². The first-order chi connectivity index (χ1) is 8.33. The van der Waals surface area contributed by atoms with Crippen molar-refractivity contribution in [1.82, 2.24) is 4.90 Å². The van der Waals surface area contributed by atoms with Crippen LogP contribution >= 0.6 is 0 Å². The lowest BCUT2D eigenvalue weighted by molar-refractivity contribution is 0.258. The molecule has 0 radical (unpaired) electrons. The van der Waals surface area contributed by atoms with Crippen molar-refractivity contribution in [2.45, 2.75) is 19.9 Å². The molecule has 0 aliphatic carbocycles. The molecule has 0 spiro atoms. The average Bonchev–Trinajstić information content (AvgIpc) is 2.40. The summed E-state index contributed by atoms with van der Waals surface area (Å²) in [4.78, 5) is 5.01. The standard InChI is InChI=1S/C14H23N3/c1-2-7-16-8-10-17(11-9-16)14-5-3-13(12-15)4-6-14/h3-6H,2,7-12,15H2,1H3. The van der Waals surface area contributed by atoms with E-state index in [-0.39, 0.29) is 0 Å². The van der Waals surface area contributed by atoms with Crippen molar-refractivity contribution in [2.75, 3.05) is 37.6 Å². The van der Waals surface area contributed by atoms with Crippen LogP contribution < -0.4 is 10.6 Å². The molecule has 1 fully saturated rings. The third-order valence-electron chi connectivity index (χ3n) is 3.45. The molecule has 0 aromatic heterocycles. The average molecular weight is 233 g/mol. The maximum Gasteiger partial charge on any atom is 0.0367 e.